The first-order chi connectivity index (χ1) is 22.4. The molecule has 12 nitrogen and oxygen atoms in total. The molecule has 4 N–H and O–H groups in total. The zero-order valence-corrected chi connectivity index (χ0v) is 28.1. The van der Waals surface area contributed by atoms with Crippen molar-refractivity contribution in [2.45, 2.75) is 128 Å². The van der Waals surface area contributed by atoms with Gasteiger partial charge in [-0.2, -0.15) is 0 Å². The zero-order valence-electron chi connectivity index (χ0n) is 28.1. The molecule has 1 aromatic rings. The van der Waals surface area contributed by atoms with Gasteiger partial charge in [0.05, 0.1) is 18.3 Å². The third-order valence-corrected chi connectivity index (χ3v) is 9.65. The van der Waals surface area contributed by atoms with Gasteiger partial charge in [-0.3, -0.25) is 39.3 Å². The summed E-state index contributed by atoms with van der Waals surface area (Å²) in [5.41, 5.74) is 2.69. The van der Waals surface area contributed by atoms with Gasteiger partial charge in [0, 0.05) is 36.8 Å². The maximum absolute atomic E-state index is 14.5. The lowest BCUT2D eigenvalue weighted by Crippen LogP contribution is -2.59. The van der Waals surface area contributed by atoms with Crippen molar-refractivity contribution in [1.29, 1.82) is 0 Å². The summed E-state index contributed by atoms with van der Waals surface area (Å²) in [7, 11) is 0. The van der Waals surface area contributed by atoms with E-state index in [1.807, 2.05) is 39.8 Å². The van der Waals surface area contributed by atoms with E-state index in [4.69, 9.17) is 4.84 Å². The number of Topliss-reactive ketones (excluding diaryl/α,β-unsaturated/α-hetero) is 1. The van der Waals surface area contributed by atoms with Crippen molar-refractivity contribution in [3.8, 4) is 0 Å². The van der Waals surface area contributed by atoms with Gasteiger partial charge in [0.1, 0.15) is 17.7 Å². The molecular formula is C35H50N6O6. The standard InChI is InChI=1S/C35H50N6O6/c1-5-10-25(29(43)32(45)37-24-14-15-24)38-31(44)27-19-35(18-26(40-47-35)23-13-9-16-36-20-23)21-41(27)33(46)30(34(2,3)4)39-28(42)17-22-11-7-6-8-12-22/h9,13,16,18,20,22,24-25,27,30,40H,5-8,10-12,14-15,17,19,21H2,1-4H3,(H,37,45)(H,38,44)(H,39,42)/t25-,27-,30+,35+/m0/s1. The molecule has 2 aliphatic carbocycles. The van der Waals surface area contributed by atoms with Crippen LogP contribution in [0.25, 0.3) is 5.70 Å². The second-order valence-corrected chi connectivity index (χ2v) is 14.8. The summed E-state index contributed by atoms with van der Waals surface area (Å²) >= 11 is 0. The summed E-state index contributed by atoms with van der Waals surface area (Å²) < 4.78 is 0. The van der Waals surface area contributed by atoms with Gasteiger partial charge >= 0.3 is 0 Å². The van der Waals surface area contributed by atoms with E-state index in [1.54, 1.807) is 18.5 Å². The minimum Gasteiger partial charge on any atom is -0.347 e. The number of hydroxylamine groups is 1. The Hall–Kier alpha value is -3.80. The SMILES string of the molecule is CCC[C@H](NC(=O)[C@@H]1C[C@]2(C=C(c3cccnc3)NO2)CN1C(=O)[C@@H](NC(=O)CC1CCCCC1)C(C)(C)C)C(=O)C(=O)NC1CC1. The van der Waals surface area contributed by atoms with E-state index in [-0.39, 0.29) is 31.3 Å². The normalized spacial score (nSPS) is 24.2. The Balaban J connectivity index is 1.39. The van der Waals surface area contributed by atoms with Crippen LogP contribution in [0.2, 0.25) is 0 Å². The molecule has 4 atom stereocenters. The molecule has 12 heteroatoms. The Bertz CT molecular complexity index is 1370. The molecule has 1 spiro atoms. The Morgan fingerprint density at radius 2 is 1.83 bits per heavy atom. The number of aromatic nitrogens is 1. The molecule has 3 fully saturated rings. The van der Waals surface area contributed by atoms with E-state index in [0.717, 1.165) is 44.1 Å². The highest BCUT2D eigenvalue weighted by molar-refractivity contribution is 6.38. The van der Waals surface area contributed by atoms with Crippen LogP contribution in [-0.4, -0.2) is 75.6 Å². The molecule has 4 aliphatic rings. The van der Waals surface area contributed by atoms with Gasteiger partial charge in [-0.25, -0.2) is 0 Å². The van der Waals surface area contributed by atoms with Gasteiger partial charge in [-0.1, -0.05) is 53.4 Å². The molecular weight excluding hydrogens is 600 g/mol. The minimum atomic E-state index is -1.05. The van der Waals surface area contributed by atoms with Crippen LogP contribution in [0.4, 0.5) is 0 Å². The summed E-state index contributed by atoms with van der Waals surface area (Å²) in [6.07, 6.45) is 13.6. The average Bonchev–Trinajstić information content (AvgIpc) is 3.64. The number of pyridine rings is 1. The third-order valence-electron chi connectivity index (χ3n) is 9.65. The first-order valence-corrected chi connectivity index (χ1v) is 17.2. The van der Waals surface area contributed by atoms with Crippen molar-refractivity contribution in [3.63, 3.8) is 0 Å². The molecule has 47 heavy (non-hydrogen) atoms. The van der Waals surface area contributed by atoms with Crippen LogP contribution >= 0.6 is 0 Å². The van der Waals surface area contributed by atoms with Crippen LogP contribution in [0.3, 0.4) is 0 Å². The highest BCUT2D eigenvalue weighted by Gasteiger charge is 2.54. The Morgan fingerprint density at radius 3 is 2.47 bits per heavy atom. The largest absolute Gasteiger partial charge is 0.347 e. The van der Waals surface area contributed by atoms with Crippen molar-refractivity contribution in [3.05, 3.63) is 36.2 Å². The van der Waals surface area contributed by atoms with Crippen LogP contribution in [0.1, 0.15) is 104 Å². The number of carbonyl (C=O) groups excluding carboxylic acids is 5. The smallest absolute Gasteiger partial charge is 0.289 e. The maximum atomic E-state index is 14.5. The number of nitrogens with one attached hydrogen (secondary N) is 4. The van der Waals surface area contributed by atoms with Crippen LogP contribution in [-0.2, 0) is 28.8 Å². The van der Waals surface area contributed by atoms with E-state index < -0.39 is 52.6 Å². The number of carbonyl (C=O) groups is 5. The Kier molecular flexibility index (Phi) is 10.7. The second-order valence-electron chi connectivity index (χ2n) is 14.8. The van der Waals surface area contributed by atoms with Crippen molar-refractivity contribution >= 4 is 35.1 Å². The Morgan fingerprint density at radius 1 is 1.09 bits per heavy atom. The van der Waals surface area contributed by atoms with Gasteiger partial charge < -0.3 is 20.9 Å². The molecule has 0 aromatic carbocycles. The van der Waals surface area contributed by atoms with Gasteiger partial charge in [-0.15, -0.1) is 0 Å². The highest BCUT2D eigenvalue weighted by Crippen LogP contribution is 2.39. The van der Waals surface area contributed by atoms with E-state index in [0.29, 0.717) is 24.5 Å². The number of ketones is 1. The van der Waals surface area contributed by atoms with Crippen molar-refractivity contribution in [2.24, 2.45) is 11.3 Å². The van der Waals surface area contributed by atoms with E-state index in [2.05, 4.69) is 26.4 Å². The fourth-order valence-corrected chi connectivity index (χ4v) is 6.84. The van der Waals surface area contributed by atoms with Crippen molar-refractivity contribution < 1.29 is 28.8 Å². The molecule has 0 radical (unpaired) electrons. The lowest BCUT2D eigenvalue weighted by molar-refractivity contribution is -0.145. The lowest BCUT2D eigenvalue weighted by Gasteiger charge is -2.36. The molecule has 1 aromatic heterocycles. The summed E-state index contributed by atoms with van der Waals surface area (Å²) in [5.74, 6) is -2.22. The fourth-order valence-electron chi connectivity index (χ4n) is 6.84. The summed E-state index contributed by atoms with van der Waals surface area (Å²) in [5, 5.41) is 8.54. The van der Waals surface area contributed by atoms with Gasteiger partial charge in [0.15, 0.2) is 0 Å². The van der Waals surface area contributed by atoms with Gasteiger partial charge in [-0.05, 0) is 61.6 Å². The first kappa shape index (κ1) is 34.5. The maximum Gasteiger partial charge on any atom is 0.289 e. The van der Waals surface area contributed by atoms with Crippen LogP contribution in [0.15, 0.2) is 30.6 Å². The minimum absolute atomic E-state index is 0.00250. The number of likely N-dealkylation sites (tertiary alicyclic amines) is 1. The molecule has 5 rings (SSSR count). The number of nitrogens with zero attached hydrogens (tertiary/aromatic N) is 2. The molecule has 1 saturated heterocycles. The van der Waals surface area contributed by atoms with Crippen LogP contribution < -0.4 is 21.4 Å². The first-order valence-electron chi connectivity index (χ1n) is 17.2. The number of hydrogen-bond donors (Lipinski definition) is 4. The number of amides is 4. The van der Waals surface area contributed by atoms with Crippen molar-refractivity contribution in [1.82, 2.24) is 31.3 Å². The lowest BCUT2D eigenvalue weighted by atomic mass is 9.84. The van der Waals surface area contributed by atoms with Gasteiger partial charge in [0.2, 0.25) is 23.5 Å². The van der Waals surface area contributed by atoms with Crippen LogP contribution in [0.5, 0.6) is 0 Å². The van der Waals surface area contributed by atoms with Crippen molar-refractivity contribution in [2.75, 3.05) is 6.54 Å². The van der Waals surface area contributed by atoms with E-state index >= 15 is 0 Å². The number of hydrogen-bond acceptors (Lipinski definition) is 8. The zero-order chi connectivity index (χ0) is 33.8. The summed E-state index contributed by atoms with van der Waals surface area (Å²) in [6, 6.07) is 0.726. The predicted molar refractivity (Wildman–Crippen MR) is 175 cm³/mol. The quantitative estimate of drug-likeness (QED) is 0.252. The average molecular weight is 651 g/mol. The van der Waals surface area contributed by atoms with Crippen LogP contribution in [0, 0.1) is 11.3 Å². The molecule has 256 valence electrons. The monoisotopic (exact) mass is 650 g/mol. The summed E-state index contributed by atoms with van der Waals surface area (Å²) in [6.45, 7) is 7.58. The molecule has 3 heterocycles. The molecule has 0 unspecified atom stereocenters. The molecule has 4 amide bonds. The van der Waals surface area contributed by atoms with E-state index in [1.165, 1.54) is 11.3 Å². The summed E-state index contributed by atoms with van der Waals surface area (Å²) in [4.78, 5) is 79.4. The molecule has 2 aliphatic heterocycles. The third kappa shape index (κ3) is 8.57. The molecule has 0 bridgehead atoms. The fraction of sp³-hybridized carbons (Fsp3) is 0.657. The molecule has 2 saturated carbocycles. The predicted octanol–water partition coefficient (Wildman–Crippen LogP) is 2.93. The Labute approximate surface area is 277 Å². The second kappa shape index (κ2) is 14.5. The van der Waals surface area contributed by atoms with E-state index in [9.17, 15) is 24.0 Å². The van der Waals surface area contributed by atoms with Gasteiger partial charge in [0.25, 0.3) is 5.91 Å². The topological polar surface area (TPSA) is 159 Å². The highest BCUT2D eigenvalue weighted by atomic mass is 16.7. The number of rotatable bonds is 12.